The van der Waals surface area contributed by atoms with Crippen molar-refractivity contribution < 1.29 is 9.53 Å². The number of thiazole rings is 1. The van der Waals surface area contributed by atoms with Crippen molar-refractivity contribution in [2.45, 2.75) is 13.5 Å². The number of ether oxygens (including phenoxy) is 1. The Hall–Kier alpha value is -2.08. The molecule has 0 spiro atoms. The largest absolute Gasteiger partial charge is 0.495 e. The molecule has 0 aliphatic carbocycles. The van der Waals surface area contributed by atoms with E-state index in [0.29, 0.717) is 23.5 Å². The molecule has 6 heteroatoms. The van der Waals surface area contributed by atoms with Crippen molar-refractivity contribution in [1.29, 1.82) is 0 Å². The Balaban J connectivity index is 2.12. The van der Waals surface area contributed by atoms with E-state index in [1.54, 1.807) is 48.6 Å². The average Bonchev–Trinajstić information content (AvgIpc) is 2.83. The number of hydrogen-bond donors (Lipinski definition) is 1. The molecular weight excluding hydrogens is 274 g/mol. The van der Waals surface area contributed by atoms with Gasteiger partial charge in [-0.15, -0.1) is 11.3 Å². The van der Waals surface area contributed by atoms with Gasteiger partial charge in [-0.25, -0.2) is 4.98 Å². The SMILES string of the molecule is COc1ccc(C(=O)N(C)Cc2csc(C)n2)cc1N. The van der Waals surface area contributed by atoms with Crippen LogP contribution in [0.25, 0.3) is 0 Å². The van der Waals surface area contributed by atoms with Crippen LogP contribution in [-0.2, 0) is 6.54 Å². The van der Waals surface area contributed by atoms with Gasteiger partial charge in [0, 0.05) is 18.0 Å². The van der Waals surface area contributed by atoms with E-state index in [9.17, 15) is 4.79 Å². The molecule has 0 unspecified atom stereocenters. The summed E-state index contributed by atoms with van der Waals surface area (Å²) >= 11 is 1.58. The van der Waals surface area contributed by atoms with Crippen LogP contribution in [-0.4, -0.2) is 29.9 Å². The highest BCUT2D eigenvalue weighted by molar-refractivity contribution is 7.09. The predicted molar refractivity (Wildman–Crippen MR) is 80.1 cm³/mol. The summed E-state index contributed by atoms with van der Waals surface area (Å²) in [4.78, 5) is 18.3. The fourth-order valence-corrected chi connectivity index (χ4v) is 2.49. The highest BCUT2D eigenvalue weighted by atomic mass is 32.1. The second-order valence-electron chi connectivity index (χ2n) is 4.48. The maximum atomic E-state index is 12.3. The second kappa shape index (κ2) is 5.92. The Kier molecular flexibility index (Phi) is 4.24. The summed E-state index contributed by atoms with van der Waals surface area (Å²) in [6, 6.07) is 5.04. The normalized spacial score (nSPS) is 10.3. The van der Waals surface area contributed by atoms with E-state index in [1.165, 1.54) is 0 Å². The number of nitrogen functional groups attached to an aromatic ring is 1. The third-order valence-corrected chi connectivity index (χ3v) is 3.71. The summed E-state index contributed by atoms with van der Waals surface area (Å²) < 4.78 is 5.08. The summed E-state index contributed by atoms with van der Waals surface area (Å²) in [6.07, 6.45) is 0. The topological polar surface area (TPSA) is 68.5 Å². The average molecular weight is 291 g/mol. The molecule has 20 heavy (non-hydrogen) atoms. The van der Waals surface area contributed by atoms with E-state index in [0.717, 1.165) is 10.7 Å². The standard InChI is InChI=1S/C14H17N3O2S/c1-9-16-11(8-20-9)7-17(2)14(18)10-4-5-13(19-3)12(15)6-10/h4-6,8H,7,15H2,1-3H3. The lowest BCUT2D eigenvalue weighted by Gasteiger charge is -2.16. The van der Waals surface area contributed by atoms with Gasteiger partial charge in [0.15, 0.2) is 0 Å². The van der Waals surface area contributed by atoms with Crippen molar-refractivity contribution in [1.82, 2.24) is 9.88 Å². The number of methoxy groups -OCH3 is 1. The van der Waals surface area contributed by atoms with Crippen molar-refractivity contribution in [3.05, 3.63) is 39.8 Å². The molecule has 2 N–H and O–H groups in total. The number of aryl methyl sites for hydroxylation is 1. The van der Waals surface area contributed by atoms with E-state index in [4.69, 9.17) is 10.5 Å². The number of nitrogens with two attached hydrogens (primary N) is 1. The van der Waals surface area contributed by atoms with Gasteiger partial charge in [-0.05, 0) is 25.1 Å². The molecule has 0 saturated heterocycles. The number of nitrogens with zero attached hydrogens (tertiary/aromatic N) is 2. The number of anilines is 1. The van der Waals surface area contributed by atoms with Crippen LogP contribution < -0.4 is 10.5 Å². The van der Waals surface area contributed by atoms with Gasteiger partial charge in [0.2, 0.25) is 0 Å². The first-order chi connectivity index (χ1) is 9.51. The van der Waals surface area contributed by atoms with Crippen LogP contribution in [0.5, 0.6) is 5.75 Å². The molecule has 5 nitrogen and oxygen atoms in total. The second-order valence-corrected chi connectivity index (χ2v) is 5.54. The van der Waals surface area contributed by atoms with Crippen LogP contribution in [0.4, 0.5) is 5.69 Å². The number of hydrogen-bond acceptors (Lipinski definition) is 5. The van der Waals surface area contributed by atoms with Crippen molar-refractivity contribution in [2.24, 2.45) is 0 Å². The zero-order chi connectivity index (χ0) is 14.7. The van der Waals surface area contributed by atoms with E-state index in [-0.39, 0.29) is 5.91 Å². The Labute approximate surface area is 122 Å². The molecule has 0 bridgehead atoms. The summed E-state index contributed by atoms with van der Waals surface area (Å²) in [6.45, 7) is 2.43. The maximum Gasteiger partial charge on any atom is 0.254 e. The first kappa shape index (κ1) is 14.3. The van der Waals surface area contributed by atoms with Crippen LogP contribution >= 0.6 is 11.3 Å². The molecule has 106 valence electrons. The quantitative estimate of drug-likeness (QED) is 0.878. The number of carbonyl (C=O) groups excluding carboxylic acids is 1. The summed E-state index contributed by atoms with van der Waals surface area (Å²) in [5.74, 6) is 0.476. The van der Waals surface area contributed by atoms with E-state index in [1.807, 2.05) is 12.3 Å². The molecule has 0 atom stereocenters. The van der Waals surface area contributed by atoms with Crippen LogP contribution in [0.3, 0.4) is 0 Å². The minimum atomic E-state index is -0.0926. The Morgan fingerprint density at radius 3 is 2.80 bits per heavy atom. The first-order valence-corrected chi connectivity index (χ1v) is 6.99. The molecule has 0 saturated carbocycles. The lowest BCUT2D eigenvalue weighted by atomic mass is 10.1. The fraction of sp³-hybridized carbons (Fsp3) is 0.286. The van der Waals surface area contributed by atoms with Gasteiger partial charge in [-0.1, -0.05) is 0 Å². The fourth-order valence-electron chi connectivity index (χ4n) is 1.88. The Morgan fingerprint density at radius 1 is 1.50 bits per heavy atom. The van der Waals surface area contributed by atoms with Crippen LogP contribution in [0, 0.1) is 6.92 Å². The molecule has 1 amide bonds. The van der Waals surface area contributed by atoms with Crippen LogP contribution in [0.15, 0.2) is 23.6 Å². The number of rotatable bonds is 4. The van der Waals surface area contributed by atoms with E-state index < -0.39 is 0 Å². The molecule has 1 aromatic carbocycles. The van der Waals surface area contributed by atoms with Crippen LogP contribution in [0.2, 0.25) is 0 Å². The third-order valence-electron chi connectivity index (χ3n) is 2.89. The number of carbonyl (C=O) groups is 1. The van der Waals surface area contributed by atoms with Gasteiger partial charge in [0.1, 0.15) is 5.75 Å². The first-order valence-electron chi connectivity index (χ1n) is 6.11. The smallest absolute Gasteiger partial charge is 0.254 e. The zero-order valence-corrected chi connectivity index (χ0v) is 12.5. The minimum absolute atomic E-state index is 0.0926. The summed E-state index contributed by atoms with van der Waals surface area (Å²) in [7, 11) is 3.29. The summed E-state index contributed by atoms with van der Waals surface area (Å²) in [5.41, 5.74) is 7.71. The number of amides is 1. The molecular formula is C14H17N3O2S. The molecule has 0 radical (unpaired) electrons. The molecule has 2 rings (SSSR count). The lowest BCUT2D eigenvalue weighted by molar-refractivity contribution is 0.0783. The Bertz CT molecular complexity index is 625. The number of benzene rings is 1. The van der Waals surface area contributed by atoms with Gasteiger partial charge < -0.3 is 15.4 Å². The van der Waals surface area contributed by atoms with Crippen molar-refractivity contribution in [2.75, 3.05) is 19.9 Å². The highest BCUT2D eigenvalue weighted by Gasteiger charge is 2.14. The van der Waals surface area contributed by atoms with Gasteiger partial charge in [0.25, 0.3) is 5.91 Å². The number of aromatic nitrogens is 1. The molecule has 1 aromatic heterocycles. The molecule has 0 fully saturated rings. The molecule has 2 aromatic rings. The molecule has 0 aliphatic heterocycles. The minimum Gasteiger partial charge on any atom is -0.495 e. The van der Waals surface area contributed by atoms with Gasteiger partial charge in [-0.2, -0.15) is 0 Å². The van der Waals surface area contributed by atoms with Crippen molar-refractivity contribution in [3.63, 3.8) is 0 Å². The third kappa shape index (κ3) is 3.08. The van der Waals surface area contributed by atoms with E-state index >= 15 is 0 Å². The predicted octanol–water partition coefficient (Wildman–Crippen LogP) is 2.31. The molecule has 1 heterocycles. The summed E-state index contributed by atoms with van der Waals surface area (Å²) in [5, 5.41) is 2.95. The van der Waals surface area contributed by atoms with Crippen molar-refractivity contribution in [3.8, 4) is 5.75 Å². The maximum absolute atomic E-state index is 12.3. The Morgan fingerprint density at radius 2 is 2.25 bits per heavy atom. The van der Waals surface area contributed by atoms with Crippen LogP contribution in [0.1, 0.15) is 21.1 Å². The van der Waals surface area contributed by atoms with E-state index in [2.05, 4.69) is 4.98 Å². The zero-order valence-electron chi connectivity index (χ0n) is 11.7. The van der Waals surface area contributed by atoms with Gasteiger partial charge in [0.05, 0.1) is 30.0 Å². The highest BCUT2D eigenvalue weighted by Crippen LogP contribution is 2.22. The van der Waals surface area contributed by atoms with Gasteiger partial charge in [-0.3, -0.25) is 4.79 Å². The molecule has 0 aliphatic rings. The monoisotopic (exact) mass is 291 g/mol. The lowest BCUT2D eigenvalue weighted by Crippen LogP contribution is -2.26. The van der Waals surface area contributed by atoms with Gasteiger partial charge >= 0.3 is 0 Å². The van der Waals surface area contributed by atoms with Crippen molar-refractivity contribution >= 4 is 22.9 Å².